The lowest BCUT2D eigenvalue weighted by Gasteiger charge is -2.09. The molecule has 0 radical (unpaired) electrons. The van der Waals surface area contributed by atoms with E-state index in [1.54, 1.807) is 0 Å². The summed E-state index contributed by atoms with van der Waals surface area (Å²) < 4.78 is 5.32. The number of unbranched alkanes of at least 4 members (excludes halogenated alkanes) is 9. The van der Waals surface area contributed by atoms with E-state index in [1.165, 1.54) is 51.4 Å². The van der Waals surface area contributed by atoms with E-state index in [-0.39, 0.29) is 6.09 Å². The van der Waals surface area contributed by atoms with Gasteiger partial charge in [0, 0.05) is 5.39 Å². The van der Waals surface area contributed by atoms with Gasteiger partial charge in [0.2, 0.25) is 0 Å². The molecule has 26 heavy (non-hydrogen) atoms. The highest BCUT2D eigenvalue weighted by molar-refractivity contribution is 6.00. The molecule has 0 saturated carbocycles. The van der Waals surface area contributed by atoms with Crippen molar-refractivity contribution in [3.8, 4) is 0 Å². The second-order valence-electron chi connectivity index (χ2n) is 6.97. The zero-order chi connectivity index (χ0) is 18.5. The summed E-state index contributed by atoms with van der Waals surface area (Å²) in [5, 5.41) is 5.00. The van der Waals surface area contributed by atoms with Crippen LogP contribution in [0.3, 0.4) is 0 Å². The van der Waals surface area contributed by atoms with Crippen LogP contribution in [0.15, 0.2) is 42.5 Å². The van der Waals surface area contributed by atoms with Crippen LogP contribution in [0.1, 0.15) is 71.1 Å². The maximum absolute atomic E-state index is 12.0. The van der Waals surface area contributed by atoms with Crippen molar-refractivity contribution in [2.24, 2.45) is 0 Å². The van der Waals surface area contributed by atoms with Gasteiger partial charge in [0.15, 0.2) is 0 Å². The van der Waals surface area contributed by atoms with Crippen molar-refractivity contribution in [3.63, 3.8) is 0 Å². The van der Waals surface area contributed by atoms with Crippen molar-refractivity contribution in [2.45, 2.75) is 71.1 Å². The number of amides is 1. The average molecular weight is 356 g/mol. The van der Waals surface area contributed by atoms with Gasteiger partial charge in [-0.1, -0.05) is 101 Å². The molecule has 0 fully saturated rings. The molecule has 0 heterocycles. The molecule has 2 aromatic rings. The van der Waals surface area contributed by atoms with Crippen molar-refractivity contribution in [3.05, 3.63) is 42.5 Å². The Hall–Kier alpha value is -2.03. The Morgan fingerprint density at radius 2 is 1.42 bits per heavy atom. The first kappa shape index (κ1) is 20.3. The van der Waals surface area contributed by atoms with E-state index in [4.69, 9.17) is 4.74 Å². The number of carbonyl (C=O) groups is 1. The number of nitrogens with one attached hydrogen (secondary N) is 1. The predicted molar refractivity (Wildman–Crippen MR) is 111 cm³/mol. The Morgan fingerprint density at radius 1 is 0.808 bits per heavy atom. The zero-order valence-electron chi connectivity index (χ0n) is 16.1. The molecule has 0 atom stereocenters. The summed E-state index contributed by atoms with van der Waals surface area (Å²) in [6.07, 6.45) is 12.4. The standard InChI is InChI=1S/C23H33NO2/c1-2-3-4-5-6-7-8-9-10-13-19-26-23(25)24-22-18-14-16-20-15-11-12-17-21(20)22/h11-12,14-18H,2-10,13,19H2,1H3,(H,24,25). The lowest BCUT2D eigenvalue weighted by atomic mass is 10.1. The second-order valence-corrected chi connectivity index (χ2v) is 6.97. The monoisotopic (exact) mass is 355 g/mol. The van der Waals surface area contributed by atoms with Crippen LogP contribution in [0.2, 0.25) is 0 Å². The number of carbonyl (C=O) groups excluding carboxylic acids is 1. The molecule has 2 aromatic carbocycles. The summed E-state index contributed by atoms with van der Waals surface area (Å²) in [4.78, 5) is 12.0. The third-order valence-electron chi connectivity index (χ3n) is 4.76. The zero-order valence-corrected chi connectivity index (χ0v) is 16.1. The molecule has 0 bridgehead atoms. The largest absolute Gasteiger partial charge is 0.449 e. The molecule has 0 spiro atoms. The third-order valence-corrected chi connectivity index (χ3v) is 4.76. The lowest BCUT2D eigenvalue weighted by molar-refractivity contribution is 0.159. The van der Waals surface area contributed by atoms with Crippen LogP contribution in [0.25, 0.3) is 10.8 Å². The van der Waals surface area contributed by atoms with Crippen molar-refractivity contribution in [1.82, 2.24) is 0 Å². The van der Waals surface area contributed by atoms with Crippen LogP contribution in [0.4, 0.5) is 10.5 Å². The summed E-state index contributed by atoms with van der Waals surface area (Å²) in [5.74, 6) is 0. The quantitative estimate of drug-likeness (QED) is 0.405. The third kappa shape index (κ3) is 7.47. The van der Waals surface area contributed by atoms with Crippen LogP contribution in [0, 0.1) is 0 Å². The minimum Gasteiger partial charge on any atom is -0.449 e. The minimum atomic E-state index is -0.364. The second kappa shape index (κ2) is 12.3. The van der Waals surface area contributed by atoms with Gasteiger partial charge in [0.1, 0.15) is 0 Å². The number of hydrogen-bond donors (Lipinski definition) is 1. The fourth-order valence-electron chi connectivity index (χ4n) is 3.23. The average Bonchev–Trinajstić information content (AvgIpc) is 2.66. The van der Waals surface area contributed by atoms with E-state index in [2.05, 4.69) is 12.2 Å². The van der Waals surface area contributed by atoms with Crippen LogP contribution in [-0.2, 0) is 4.74 Å². The molecule has 0 aliphatic rings. The van der Waals surface area contributed by atoms with Crippen LogP contribution in [-0.4, -0.2) is 12.7 Å². The summed E-state index contributed by atoms with van der Waals surface area (Å²) in [6.45, 7) is 2.75. The van der Waals surface area contributed by atoms with Crippen LogP contribution < -0.4 is 5.32 Å². The number of rotatable bonds is 12. The highest BCUT2D eigenvalue weighted by Gasteiger charge is 2.06. The van der Waals surface area contributed by atoms with Gasteiger partial charge >= 0.3 is 6.09 Å². The molecular formula is C23H33NO2. The summed E-state index contributed by atoms with van der Waals surface area (Å²) in [5.41, 5.74) is 0.802. The van der Waals surface area contributed by atoms with Gasteiger partial charge in [-0.25, -0.2) is 4.79 Å². The SMILES string of the molecule is CCCCCCCCCCCCOC(=O)Nc1cccc2ccccc12. The number of hydrogen-bond acceptors (Lipinski definition) is 2. The van der Waals surface area contributed by atoms with Crippen molar-refractivity contribution >= 4 is 22.6 Å². The van der Waals surface area contributed by atoms with E-state index in [1.807, 2.05) is 42.5 Å². The van der Waals surface area contributed by atoms with Gasteiger partial charge in [-0.2, -0.15) is 0 Å². The Balaban J connectivity index is 1.54. The van der Waals surface area contributed by atoms with Crippen molar-refractivity contribution in [1.29, 1.82) is 0 Å². The van der Waals surface area contributed by atoms with Gasteiger partial charge in [0.05, 0.1) is 12.3 Å². The fraction of sp³-hybridized carbons (Fsp3) is 0.522. The number of benzene rings is 2. The maximum Gasteiger partial charge on any atom is 0.411 e. The number of fused-ring (bicyclic) bond motifs is 1. The van der Waals surface area contributed by atoms with E-state index < -0.39 is 0 Å². The molecule has 1 N–H and O–H groups in total. The molecule has 1 amide bonds. The molecule has 3 nitrogen and oxygen atoms in total. The first-order valence-corrected chi connectivity index (χ1v) is 10.2. The van der Waals surface area contributed by atoms with Gasteiger partial charge in [-0.15, -0.1) is 0 Å². The topological polar surface area (TPSA) is 38.3 Å². The Bertz CT molecular complexity index is 648. The molecule has 0 aliphatic heterocycles. The Labute approximate surface area is 158 Å². The highest BCUT2D eigenvalue weighted by Crippen LogP contribution is 2.23. The maximum atomic E-state index is 12.0. The predicted octanol–water partition coefficient (Wildman–Crippen LogP) is 7.31. The molecule has 0 unspecified atom stereocenters. The van der Waals surface area contributed by atoms with Crippen molar-refractivity contribution < 1.29 is 9.53 Å². The van der Waals surface area contributed by atoms with Gasteiger partial charge < -0.3 is 4.74 Å². The number of ether oxygens (including phenoxy) is 1. The van der Waals surface area contributed by atoms with Crippen LogP contribution in [0.5, 0.6) is 0 Å². The first-order chi connectivity index (χ1) is 12.8. The molecule has 0 aliphatic carbocycles. The molecule has 2 rings (SSSR count). The minimum absolute atomic E-state index is 0.364. The van der Waals surface area contributed by atoms with E-state index in [0.717, 1.165) is 29.3 Å². The Morgan fingerprint density at radius 3 is 2.15 bits per heavy atom. The highest BCUT2D eigenvalue weighted by atomic mass is 16.5. The van der Waals surface area contributed by atoms with E-state index in [0.29, 0.717) is 6.61 Å². The normalized spacial score (nSPS) is 10.8. The smallest absolute Gasteiger partial charge is 0.411 e. The molecule has 3 heteroatoms. The molecule has 0 aromatic heterocycles. The summed E-state index contributed by atoms with van der Waals surface area (Å²) in [7, 11) is 0. The van der Waals surface area contributed by atoms with Crippen molar-refractivity contribution in [2.75, 3.05) is 11.9 Å². The first-order valence-electron chi connectivity index (χ1n) is 10.2. The van der Waals surface area contributed by atoms with Gasteiger partial charge in [0.25, 0.3) is 0 Å². The van der Waals surface area contributed by atoms with Crippen LogP contribution >= 0.6 is 0 Å². The lowest BCUT2D eigenvalue weighted by Crippen LogP contribution is -2.14. The number of anilines is 1. The summed E-state index contributed by atoms with van der Waals surface area (Å²) in [6, 6.07) is 13.9. The molecular weight excluding hydrogens is 322 g/mol. The van der Waals surface area contributed by atoms with Gasteiger partial charge in [-0.05, 0) is 17.9 Å². The van der Waals surface area contributed by atoms with E-state index in [9.17, 15) is 4.79 Å². The molecule has 0 saturated heterocycles. The summed E-state index contributed by atoms with van der Waals surface area (Å²) >= 11 is 0. The van der Waals surface area contributed by atoms with E-state index >= 15 is 0 Å². The fourth-order valence-corrected chi connectivity index (χ4v) is 3.23. The Kier molecular flexibility index (Phi) is 9.63. The van der Waals surface area contributed by atoms with Gasteiger partial charge in [-0.3, -0.25) is 5.32 Å². The molecule has 142 valence electrons.